The molecule has 0 aromatic heterocycles. The molecule has 2 aliphatic rings. The van der Waals surface area contributed by atoms with Gasteiger partial charge in [-0.25, -0.2) is 14.3 Å². The zero-order valence-corrected chi connectivity index (χ0v) is 15.5. The highest BCUT2D eigenvalue weighted by Gasteiger charge is 2.18. The van der Waals surface area contributed by atoms with Crippen LogP contribution in [0.4, 0.5) is 4.79 Å². The van der Waals surface area contributed by atoms with Gasteiger partial charge >= 0.3 is 6.09 Å². The van der Waals surface area contributed by atoms with Crippen molar-refractivity contribution in [3.05, 3.63) is 84.6 Å². The molecule has 2 aliphatic heterocycles. The molecule has 0 saturated heterocycles. The Morgan fingerprint density at radius 2 is 1.75 bits per heavy atom. The number of pyridine rings is 1. The fourth-order valence-corrected chi connectivity index (χ4v) is 3.01. The molecule has 4 rings (SSSR count). The van der Waals surface area contributed by atoms with E-state index >= 15 is 0 Å². The van der Waals surface area contributed by atoms with Crippen molar-refractivity contribution < 1.29 is 14.3 Å². The number of carbonyl (C=O) groups is 1. The van der Waals surface area contributed by atoms with Gasteiger partial charge < -0.3 is 9.47 Å². The number of hydrogen-bond donors (Lipinski definition) is 0. The van der Waals surface area contributed by atoms with Gasteiger partial charge in [-0.2, -0.15) is 0 Å². The Labute approximate surface area is 163 Å². The molecule has 0 bridgehead atoms. The normalized spacial score (nSPS) is 10.8. The number of nitrogens with zero attached hydrogens (tertiary/aromatic N) is 2. The van der Waals surface area contributed by atoms with Crippen LogP contribution in [0.15, 0.2) is 79.0 Å². The highest BCUT2D eigenvalue weighted by Crippen LogP contribution is 2.29. The Hall–Kier alpha value is -3.60. The summed E-state index contributed by atoms with van der Waals surface area (Å²) in [6.07, 6.45) is 1.22. The molecule has 0 radical (unpaired) electrons. The monoisotopic (exact) mass is 372 g/mol. The first kappa shape index (κ1) is 17.8. The van der Waals surface area contributed by atoms with E-state index in [2.05, 4.69) is 4.98 Å². The number of aromatic nitrogens is 2. The van der Waals surface area contributed by atoms with E-state index in [1.165, 1.54) is 4.57 Å². The van der Waals surface area contributed by atoms with Gasteiger partial charge in [0, 0.05) is 17.3 Å². The Bertz CT molecular complexity index is 1040. The lowest BCUT2D eigenvalue weighted by Gasteiger charge is -2.10. The van der Waals surface area contributed by atoms with Crippen LogP contribution in [0.25, 0.3) is 22.6 Å². The van der Waals surface area contributed by atoms with Crippen LogP contribution in [-0.4, -0.2) is 22.3 Å². The molecular weight excluding hydrogens is 352 g/mol. The predicted molar refractivity (Wildman–Crippen MR) is 107 cm³/mol. The second-order valence-electron chi connectivity index (χ2n) is 6.30. The molecule has 0 spiro atoms. The van der Waals surface area contributed by atoms with E-state index in [4.69, 9.17) is 9.47 Å². The SMILES string of the molecule is CCOc1ccc(-c2cc3cccn(C(=O)OCc4ccccc4)c-3n2)cc1. The van der Waals surface area contributed by atoms with Gasteiger partial charge in [0.2, 0.25) is 0 Å². The van der Waals surface area contributed by atoms with Crippen LogP contribution in [0.1, 0.15) is 12.5 Å². The Kier molecular flexibility index (Phi) is 5.06. The molecule has 2 aromatic rings. The summed E-state index contributed by atoms with van der Waals surface area (Å²) >= 11 is 0. The third kappa shape index (κ3) is 3.74. The number of rotatable bonds is 5. The molecule has 2 aromatic carbocycles. The van der Waals surface area contributed by atoms with Crippen LogP contribution in [-0.2, 0) is 11.3 Å². The van der Waals surface area contributed by atoms with Gasteiger partial charge in [-0.3, -0.25) is 0 Å². The maximum Gasteiger partial charge on any atom is 0.420 e. The van der Waals surface area contributed by atoms with Crippen molar-refractivity contribution >= 4 is 6.09 Å². The quantitative estimate of drug-likeness (QED) is 0.481. The Morgan fingerprint density at radius 3 is 2.50 bits per heavy atom. The summed E-state index contributed by atoms with van der Waals surface area (Å²) in [4.78, 5) is 17.2. The molecule has 5 heteroatoms. The average molecular weight is 372 g/mol. The third-order valence-corrected chi connectivity index (χ3v) is 4.38. The van der Waals surface area contributed by atoms with Gasteiger partial charge in [0.15, 0.2) is 0 Å². The van der Waals surface area contributed by atoms with Crippen molar-refractivity contribution in [3.63, 3.8) is 0 Å². The maximum absolute atomic E-state index is 12.6. The highest BCUT2D eigenvalue weighted by molar-refractivity contribution is 5.80. The lowest BCUT2D eigenvalue weighted by Crippen LogP contribution is -2.16. The predicted octanol–water partition coefficient (Wildman–Crippen LogP) is 5.24. The van der Waals surface area contributed by atoms with Crippen molar-refractivity contribution in [2.24, 2.45) is 0 Å². The van der Waals surface area contributed by atoms with Crippen LogP contribution in [0.2, 0.25) is 0 Å². The summed E-state index contributed by atoms with van der Waals surface area (Å²) < 4.78 is 12.4. The number of carbonyl (C=O) groups excluding carboxylic acids is 1. The lowest BCUT2D eigenvalue weighted by molar-refractivity contribution is 0.141. The van der Waals surface area contributed by atoms with Gasteiger partial charge in [0.25, 0.3) is 0 Å². The van der Waals surface area contributed by atoms with Crippen molar-refractivity contribution in [3.8, 4) is 28.4 Å². The fraction of sp³-hybridized carbons (Fsp3) is 0.130. The van der Waals surface area contributed by atoms with E-state index in [9.17, 15) is 4.79 Å². The first-order chi connectivity index (χ1) is 13.7. The molecule has 0 amide bonds. The molecule has 0 saturated carbocycles. The second kappa shape index (κ2) is 7.96. The summed E-state index contributed by atoms with van der Waals surface area (Å²) in [7, 11) is 0. The average Bonchev–Trinajstić information content (AvgIpc) is 3.18. The Balaban J connectivity index is 1.57. The van der Waals surface area contributed by atoms with Crippen LogP contribution in [0.5, 0.6) is 5.75 Å². The van der Waals surface area contributed by atoms with Crippen LogP contribution < -0.4 is 4.74 Å². The minimum atomic E-state index is -0.453. The lowest BCUT2D eigenvalue weighted by atomic mass is 10.1. The first-order valence-corrected chi connectivity index (χ1v) is 9.17. The highest BCUT2D eigenvalue weighted by atomic mass is 16.5. The molecule has 0 fully saturated rings. The molecular formula is C23H20N2O3. The van der Waals surface area contributed by atoms with E-state index in [1.54, 1.807) is 6.20 Å². The molecule has 0 aliphatic carbocycles. The number of benzene rings is 2. The summed E-state index contributed by atoms with van der Waals surface area (Å²) in [6, 6.07) is 23.1. The van der Waals surface area contributed by atoms with Gasteiger partial charge in [-0.05, 0) is 55.0 Å². The topological polar surface area (TPSA) is 53.4 Å². The summed E-state index contributed by atoms with van der Waals surface area (Å²) in [5.74, 6) is 1.39. The minimum Gasteiger partial charge on any atom is -0.494 e. The zero-order valence-electron chi connectivity index (χ0n) is 15.5. The molecule has 0 atom stereocenters. The van der Waals surface area contributed by atoms with Crippen molar-refractivity contribution in [2.75, 3.05) is 6.61 Å². The van der Waals surface area contributed by atoms with E-state index in [1.807, 2.05) is 79.7 Å². The van der Waals surface area contributed by atoms with E-state index in [0.717, 1.165) is 28.1 Å². The molecule has 140 valence electrons. The summed E-state index contributed by atoms with van der Waals surface area (Å²) in [5, 5.41) is 0. The first-order valence-electron chi connectivity index (χ1n) is 9.17. The summed E-state index contributed by atoms with van der Waals surface area (Å²) in [6.45, 7) is 2.80. The second-order valence-corrected chi connectivity index (χ2v) is 6.30. The molecule has 0 unspecified atom stereocenters. The zero-order chi connectivity index (χ0) is 19.3. The number of ether oxygens (including phenoxy) is 2. The van der Waals surface area contributed by atoms with E-state index in [-0.39, 0.29) is 6.61 Å². The van der Waals surface area contributed by atoms with E-state index < -0.39 is 6.09 Å². The third-order valence-electron chi connectivity index (χ3n) is 4.38. The summed E-state index contributed by atoms with van der Waals surface area (Å²) in [5.41, 5.74) is 3.58. The molecule has 2 heterocycles. The standard InChI is InChI=1S/C23H20N2O3/c1-2-27-20-12-10-18(11-13-20)21-15-19-9-6-14-25(22(19)24-21)23(26)28-16-17-7-4-3-5-8-17/h3-15H,2,16H2,1H3. The van der Waals surface area contributed by atoms with Gasteiger partial charge in [0.05, 0.1) is 12.3 Å². The minimum absolute atomic E-state index is 0.218. The van der Waals surface area contributed by atoms with Crippen LogP contribution >= 0.6 is 0 Å². The van der Waals surface area contributed by atoms with Crippen molar-refractivity contribution in [2.45, 2.75) is 13.5 Å². The molecule has 5 nitrogen and oxygen atoms in total. The fourth-order valence-electron chi connectivity index (χ4n) is 3.01. The van der Waals surface area contributed by atoms with Crippen LogP contribution in [0, 0.1) is 0 Å². The number of hydrogen-bond acceptors (Lipinski definition) is 4. The molecule has 28 heavy (non-hydrogen) atoms. The van der Waals surface area contributed by atoms with Crippen molar-refractivity contribution in [1.29, 1.82) is 0 Å². The number of fused-ring (bicyclic) bond motifs is 1. The van der Waals surface area contributed by atoms with E-state index in [0.29, 0.717) is 12.4 Å². The van der Waals surface area contributed by atoms with Gasteiger partial charge in [0.1, 0.15) is 18.2 Å². The largest absolute Gasteiger partial charge is 0.494 e. The Morgan fingerprint density at radius 1 is 0.964 bits per heavy atom. The molecule has 0 N–H and O–H groups in total. The maximum atomic E-state index is 12.6. The smallest absolute Gasteiger partial charge is 0.420 e. The van der Waals surface area contributed by atoms with Crippen molar-refractivity contribution in [1.82, 2.24) is 9.55 Å². The van der Waals surface area contributed by atoms with Crippen LogP contribution in [0.3, 0.4) is 0 Å². The van der Waals surface area contributed by atoms with Gasteiger partial charge in [-0.15, -0.1) is 0 Å². The van der Waals surface area contributed by atoms with Gasteiger partial charge in [-0.1, -0.05) is 30.3 Å².